The summed E-state index contributed by atoms with van der Waals surface area (Å²) in [5.41, 5.74) is 2.08. The third kappa shape index (κ3) is 4.97. The molecule has 0 aliphatic carbocycles. The van der Waals surface area contributed by atoms with Crippen LogP contribution in [0.25, 0.3) is 0 Å². The van der Waals surface area contributed by atoms with Crippen molar-refractivity contribution in [3.63, 3.8) is 0 Å². The summed E-state index contributed by atoms with van der Waals surface area (Å²) in [5, 5.41) is 3.28. The number of ether oxygens (including phenoxy) is 1. The van der Waals surface area contributed by atoms with Crippen LogP contribution in [0.4, 0.5) is 11.4 Å². The predicted molar refractivity (Wildman–Crippen MR) is 103 cm³/mol. The maximum Gasteiger partial charge on any atom is 0.272 e. The largest absolute Gasteiger partial charge is 0.491 e. The van der Waals surface area contributed by atoms with Gasteiger partial charge in [-0.15, -0.1) is 0 Å². The minimum Gasteiger partial charge on any atom is -0.491 e. The molecule has 0 unspecified atom stereocenters. The highest BCUT2D eigenvalue weighted by atomic mass is 16.5. The highest BCUT2D eigenvalue weighted by Gasteiger charge is 2.22. The number of amides is 2. The molecule has 1 aliphatic heterocycles. The SMILES string of the molecule is CC(C)Oc1ccc(Nc2ccnc(C(=O)N3CCN(C=O)CC3)c2)cc1. The summed E-state index contributed by atoms with van der Waals surface area (Å²) in [4.78, 5) is 31.1. The fraction of sp³-hybridized carbons (Fsp3) is 0.350. The van der Waals surface area contributed by atoms with E-state index in [-0.39, 0.29) is 12.0 Å². The van der Waals surface area contributed by atoms with Crippen molar-refractivity contribution in [3.8, 4) is 5.75 Å². The molecule has 0 atom stereocenters. The van der Waals surface area contributed by atoms with E-state index < -0.39 is 0 Å². The van der Waals surface area contributed by atoms with E-state index in [4.69, 9.17) is 4.74 Å². The van der Waals surface area contributed by atoms with Crippen LogP contribution in [0.3, 0.4) is 0 Å². The fourth-order valence-electron chi connectivity index (χ4n) is 2.87. The lowest BCUT2D eigenvalue weighted by Gasteiger charge is -2.32. The van der Waals surface area contributed by atoms with Gasteiger partial charge in [-0.05, 0) is 50.2 Å². The maximum absolute atomic E-state index is 12.7. The van der Waals surface area contributed by atoms with Gasteiger partial charge in [-0.3, -0.25) is 14.6 Å². The Kier molecular flexibility index (Phi) is 5.90. The van der Waals surface area contributed by atoms with Crippen LogP contribution in [-0.4, -0.2) is 59.4 Å². The number of pyridine rings is 1. The minimum atomic E-state index is -0.120. The fourth-order valence-corrected chi connectivity index (χ4v) is 2.87. The summed E-state index contributed by atoms with van der Waals surface area (Å²) in [6, 6.07) is 11.2. The maximum atomic E-state index is 12.7. The van der Waals surface area contributed by atoms with Crippen LogP contribution in [0.5, 0.6) is 5.75 Å². The van der Waals surface area contributed by atoms with Crippen LogP contribution < -0.4 is 10.1 Å². The molecule has 2 aromatic rings. The van der Waals surface area contributed by atoms with E-state index in [0.29, 0.717) is 31.9 Å². The summed E-state index contributed by atoms with van der Waals surface area (Å²) < 4.78 is 5.64. The van der Waals surface area contributed by atoms with Crippen LogP contribution in [-0.2, 0) is 4.79 Å². The Balaban J connectivity index is 1.65. The second-order valence-electron chi connectivity index (χ2n) is 6.68. The van der Waals surface area contributed by atoms with Gasteiger partial charge in [-0.2, -0.15) is 0 Å². The predicted octanol–water partition coefficient (Wildman–Crippen LogP) is 2.53. The number of piperazine rings is 1. The minimum absolute atomic E-state index is 0.120. The molecule has 1 saturated heterocycles. The van der Waals surface area contributed by atoms with Gasteiger partial charge in [0.25, 0.3) is 5.91 Å². The first kappa shape index (κ1) is 18.7. The van der Waals surface area contributed by atoms with Crippen molar-refractivity contribution in [1.29, 1.82) is 0 Å². The van der Waals surface area contributed by atoms with Crippen molar-refractivity contribution in [2.45, 2.75) is 20.0 Å². The monoisotopic (exact) mass is 368 g/mol. The molecule has 1 aromatic heterocycles. The molecule has 0 spiro atoms. The third-order valence-electron chi connectivity index (χ3n) is 4.24. The van der Waals surface area contributed by atoms with E-state index in [1.54, 1.807) is 22.1 Å². The third-order valence-corrected chi connectivity index (χ3v) is 4.24. The summed E-state index contributed by atoms with van der Waals surface area (Å²) in [6.07, 6.45) is 2.57. The Morgan fingerprint density at radius 1 is 1.11 bits per heavy atom. The summed E-state index contributed by atoms with van der Waals surface area (Å²) in [6.45, 7) is 6.12. The second-order valence-corrected chi connectivity index (χ2v) is 6.68. The van der Waals surface area contributed by atoms with E-state index >= 15 is 0 Å². The molecule has 27 heavy (non-hydrogen) atoms. The molecule has 7 nitrogen and oxygen atoms in total. The lowest BCUT2D eigenvalue weighted by Crippen LogP contribution is -2.48. The van der Waals surface area contributed by atoms with Gasteiger partial charge in [-0.1, -0.05) is 0 Å². The number of benzene rings is 1. The van der Waals surface area contributed by atoms with Gasteiger partial charge in [0.1, 0.15) is 11.4 Å². The molecule has 7 heteroatoms. The van der Waals surface area contributed by atoms with Gasteiger partial charge in [0, 0.05) is 43.8 Å². The first-order valence-corrected chi connectivity index (χ1v) is 9.03. The molecule has 2 heterocycles. The van der Waals surface area contributed by atoms with Crippen molar-refractivity contribution in [3.05, 3.63) is 48.3 Å². The summed E-state index contributed by atoms with van der Waals surface area (Å²) in [5.74, 6) is 0.695. The van der Waals surface area contributed by atoms with Gasteiger partial charge in [-0.25, -0.2) is 0 Å². The van der Waals surface area contributed by atoms with Gasteiger partial charge < -0.3 is 19.9 Å². The van der Waals surface area contributed by atoms with Crippen LogP contribution in [0.15, 0.2) is 42.6 Å². The van der Waals surface area contributed by atoms with Gasteiger partial charge in [0.15, 0.2) is 0 Å². The standard InChI is InChI=1S/C20H24N4O3/c1-15(2)27-18-5-3-16(4-6-18)22-17-7-8-21-19(13-17)20(26)24-11-9-23(14-25)10-12-24/h3-8,13-15H,9-12H2,1-2H3,(H,21,22). The Morgan fingerprint density at radius 3 is 2.44 bits per heavy atom. The van der Waals surface area contributed by atoms with E-state index in [1.807, 2.05) is 44.2 Å². The van der Waals surface area contributed by atoms with Gasteiger partial charge in [0.05, 0.1) is 6.10 Å². The number of anilines is 2. The molecule has 2 amide bonds. The zero-order valence-corrected chi connectivity index (χ0v) is 15.6. The molecule has 1 aromatic carbocycles. The molecule has 1 aliphatic rings. The molecule has 1 N–H and O–H groups in total. The lowest BCUT2D eigenvalue weighted by molar-refractivity contribution is -0.119. The average molecular weight is 368 g/mol. The van der Waals surface area contributed by atoms with Crippen molar-refractivity contribution in [2.24, 2.45) is 0 Å². The van der Waals surface area contributed by atoms with Crippen LogP contribution >= 0.6 is 0 Å². The van der Waals surface area contributed by atoms with Crippen molar-refractivity contribution >= 4 is 23.7 Å². The van der Waals surface area contributed by atoms with E-state index in [1.165, 1.54) is 0 Å². The normalized spacial score (nSPS) is 14.2. The number of carbonyl (C=O) groups excluding carboxylic acids is 2. The number of hydrogen-bond acceptors (Lipinski definition) is 5. The Hall–Kier alpha value is -3.09. The van der Waals surface area contributed by atoms with Crippen molar-refractivity contribution in [2.75, 3.05) is 31.5 Å². The molecular weight excluding hydrogens is 344 g/mol. The Morgan fingerprint density at radius 2 is 1.81 bits per heavy atom. The van der Waals surface area contributed by atoms with Crippen LogP contribution in [0.2, 0.25) is 0 Å². The van der Waals surface area contributed by atoms with Gasteiger partial charge in [0.2, 0.25) is 6.41 Å². The van der Waals surface area contributed by atoms with Crippen LogP contribution in [0, 0.1) is 0 Å². The average Bonchev–Trinajstić information content (AvgIpc) is 2.69. The van der Waals surface area contributed by atoms with E-state index in [2.05, 4.69) is 10.3 Å². The van der Waals surface area contributed by atoms with E-state index in [0.717, 1.165) is 23.5 Å². The highest BCUT2D eigenvalue weighted by Crippen LogP contribution is 2.21. The first-order chi connectivity index (χ1) is 13.0. The Labute approximate surface area is 158 Å². The second kappa shape index (κ2) is 8.53. The molecule has 0 radical (unpaired) electrons. The molecule has 142 valence electrons. The molecule has 3 rings (SSSR count). The van der Waals surface area contributed by atoms with E-state index in [9.17, 15) is 9.59 Å². The quantitative estimate of drug-likeness (QED) is 0.793. The molecular formula is C20H24N4O3. The number of nitrogens with one attached hydrogen (secondary N) is 1. The number of rotatable bonds is 6. The smallest absolute Gasteiger partial charge is 0.272 e. The number of nitrogens with zero attached hydrogens (tertiary/aromatic N) is 3. The first-order valence-electron chi connectivity index (χ1n) is 9.03. The zero-order chi connectivity index (χ0) is 19.2. The molecule has 0 saturated carbocycles. The zero-order valence-electron chi connectivity index (χ0n) is 15.6. The molecule has 0 bridgehead atoms. The van der Waals surface area contributed by atoms with Crippen molar-refractivity contribution < 1.29 is 14.3 Å². The Bertz CT molecular complexity index is 784. The summed E-state index contributed by atoms with van der Waals surface area (Å²) in [7, 11) is 0. The van der Waals surface area contributed by atoms with Crippen LogP contribution in [0.1, 0.15) is 24.3 Å². The summed E-state index contributed by atoms with van der Waals surface area (Å²) >= 11 is 0. The van der Waals surface area contributed by atoms with Gasteiger partial charge >= 0.3 is 0 Å². The topological polar surface area (TPSA) is 74.8 Å². The molecule has 1 fully saturated rings. The number of aromatic nitrogens is 1. The van der Waals surface area contributed by atoms with Crippen molar-refractivity contribution in [1.82, 2.24) is 14.8 Å². The number of hydrogen-bond donors (Lipinski definition) is 1. The number of carbonyl (C=O) groups is 2. The lowest BCUT2D eigenvalue weighted by atomic mass is 10.2. The highest BCUT2D eigenvalue weighted by molar-refractivity contribution is 5.93.